The third kappa shape index (κ3) is 3.59. The molecule has 1 aliphatic rings. The molecule has 1 aliphatic heterocycles. The van der Waals surface area contributed by atoms with Gasteiger partial charge in [-0.2, -0.15) is 0 Å². The van der Waals surface area contributed by atoms with Gasteiger partial charge >= 0.3 is 6.03 Å². The minimum atomic E-state index is -1.34. The highest BCUT2D eigenvalue weighted by atomic mass is 19.1. The van der Waals surface area contributed by atoms with Gasteiger partial charge in [-0.1, -0.05) is 19.1 Å². The molecule has 0 bridgehead atoms. The molecule has 9 heteroatoms. The van der Waals surface area contributed by atoms with E-state index in [4.69, 9.17) is 0 Å². The van der Waals surface area contributed by atoms with Gasteiger partial charge in [-0.25, -0.2) is 9.18 Å². The van der Waals surface area contributed by atoms with E-state index < -0.39 is 41.7 Å². The Bertz CT molecular complexity index is 707. The molecule has 5 amide bonds. The van der Waals surface area contributed by atoms with Crippen molar-refractivity contribution in [2.45, 2.75) is 18.9 Å². The second-order valence-electron chi connectivity index (χ2n) is 5.54. The lowest BCUT2D eigenvalue weighted by Gasteiger charge is -2.25. The quantitative estimate of drug-likeness (QED) is 0.620. The zero-order valence-corrected chi connectivity index (χ0v) is 13.9. The zero-order chi connectivity index (χ0) is 18.6. The van der Waals surface area contributed by atoms with E-state index in [1.807, 2.05) is 0 Å². The Morgan fingerprint density at radius 2 is 1.84 bits per heavy atom. The second-order valence-corrected chi connectivity index (χ2v) is 5.54. The molecule has 1 atom stereocenters. The molecule has 0 aromatic heterocycles. The molecule has 25 heavy (non-hydrogen) atoms. The van der Waals surface area contributed by atoms with Gasteiger partial charge in [0.25, 0.3) is 5.91 Å². The lowest BCUT2D eigenvalue weighted by atomic mass is 9.87. The van der Waals surface area contributed by atoms with Crippen LogP contribution in [0.3, 0.4) is 0 Å². The van der Waals surface area contributed by atoms with E-state index in [0.29, 0.717) is 5.56 Å². The molecular formula is C16H19FN4O4. The standard InChI is InChI=1S/C16H19FN4O4/c1-3-16(10-4-6-11(17)7-5-10)14(24)21(15(25)20-16)9-13(23)19-8-12(22)18-2/h4-7H,3,8-9H2,1-2H3,(H,18,22)(H,19,23)(H,20,25)/t16-/m1/s1. The minimum Gasteiger partial charge on any atom is -0.358 e. The van der Waals surface area contributed by atoms with Crippen LogP contribution in [0.15, 0.2) is 24.3 Å². The smallest absolute Gasteiger partial charge is 0.325 e. The number of nitrogens with zero attached hydrogens (tertiary/aromatic N) is 1. The van der Waals surface area contributed by atoms with E-state index in [2.05, 4.69) is 16.0 Å². The van der Waals surface area contributed by atoms with Crippen molar-refractivity contribution >= 4 is 23.8 Å². The van der Waals surface area contributed by atoms with E-state index in [9.17, 15) is 23.6 Å². The van der Waals surface area contributed by atoms with E-state index >= 15 is 0 Å². The molecular weight excluding hydrogens is 331 g/mol. The summed E-state index contributed by atoms with van der Waals surface area (Å²) in [6.07, 6.45) is 0.236. The number of amides is 5. The summed E-state index contributed by atoms with van der Waals surface area (Å²) in [6.45, 7) is 0.942. The van der Waals surface area contributed by atoms with Crippen molar-refractivity contribution in [2.75, 3.05) is 20.1 Å². The van der Waals surface area contributed by atoms with Crippen molar-refractivity contribution in [2.24, 2.45) is 0 Å². The molecule has 1 heterocycles. The Hall–Kier alpha value is -2.97. The summed E-state index contributed by atoms with van der Waals surface area (Å²) in [7, 11) is 1.42. The summed E-state index contributed by atoms with van der Waals surface area (Å²) in [5, 5.41) is 7.24. The third-order valence-corrected chi connectivity index (χ3v) is 4.07. The lowest BCUT2D eigenvalue weighted by molar-refractivity contribution is -0.135. The first-order valence-corrected chi connectivity index (χ1v) is 7.71. The van der Waals surface area contributed by atoms with Crippen LogP contribution in [0.1, 0.15) is 18.9 Å². The minimum absolute atomic E-state index is 0.236. The maximum atomic E-state index is 13.1. The van der Waals surface area contributed by atoms with Crippen LogP contribution < -0.4 is 16.0 Å². The predicted molar refractivity (Wildman–Crippen MR) is 85.7 cm³/mol. The van der Waals surface area contributed by atoms with Crippen LogP contribution in [-0.4, -0.2) is 48.8 Å². The molecule has 2 rings (SSSR count). The fraction of sp³-hybridized carbons (Fsp3) is 0.375. The van der Waals surface area contributed by atoms with Gasteiger partial charge < -0.3 is 16.0 Å². The number of rotatable bonds is 6. The second kappa shape index (κ2) is 7.29. The number of imide groups is 1. The number of carbonyl (C=O) groups excluding carboxylic acids is 4. The van der Waals surface area contributed by atoms with Gasteiger partial charge in [0.2, 0.25) is 11.8 Å². The van der Waals surface area contributed by atoms with Crippen molar-refractivity contribution in [1.82, 2.24) is 20.9 Å². The van der Waals surface area contributed by atoms with Crippen LogP contribution in [0.2, 0.25) is 0 Å². The van der Waals surface area contributed by atoms with Crippen molar-refractivity contribution in [3.8, 4) is 0 Å². The Kier molecular flexibility index (Phi) is 5.35. The Balaban J connectivity index is 2.16. The van der Waals surface area contributed by atoms with Crippen molar-refractivity contribution in [3.05, 3.63) is 35.6 Å². The Morgan fingerprint density at radius 3 is 2.40 bits per heavy atom. The molecule has 1 aromatic carbocycles. The van der Waals surface area contributed by atoms with Crippen molar-refractivity contribution in [1.29, 1.82) is 0 Å². The summed E-state index contributed by atoms with van der Waals surface area (Å²) in [6, 6.07) is 4.53. The van der Waals surface area contributed by atoms with Crippen LogP contribution in [0, 0.1) is 5.82 Å². The monoisotopic (exact) mass is 350 g/mol. The largest absolute Gasteiger partial charge is 0.358 e. The first kappa shape index (κ1) is 18.4. The van der Waals surface area contributed by atoms with Gasteiger partial charge in [0.15, 0.2) is 0 Å². The molecule has 3 N–H and O–H groups in total. The zero-order valence-electron chi connectivity index (χ0n) is 13.9. The molecule has 0 aliphatic carbocycles. The number of nitrogens with one attached hydrogen (secondary N) is 3. The van der Waals surface area contributed by atoms with Gasteiger partial charge in [-0.05, 0) is 24.1 Å². The number of halogens is 1. The van der Waals surface area contributed by atoms with Gasteiger partial charge in [-0.15, -0.1) is 0 Å². The van der Waals surface area contributed by atoms with Gasteiger partial charge in [0.05, 0.1) is 6.54 Å². The molecule has 1 aromatic rings. The average molecular weight is 350 g/mol. The SMILES string of the molecule is CC[C@]1(c2ccc(F)cc2)NC(=O)N(CC(=O)NCC(=O)NC)C1=O. The summed E-state index contributed by atoms with van der Waals surface area (Å²) >= 11 is 0. The van der Waals surface area contributed by atoms with Crippen LogP contribution >= 0.6 is 0 Å². The lowest BCUT2D eigenvalue weighted by Crippen LogP contribution is -2.45. The fourth-order valence-electron chi connectivity index (χ4n) is 2.61. The van der Waals surface area contributed by atoms with E-state index in [0.717, 1.165) is 4.90 Å². The molecule has 1 fully saturated rings. The van der Waals surface area contributed by atoms with Gasteiger partial charge in [-0.3, -0.25) is 19.3 Å². The summed E-state index contributed by atoms with van der Waals surface area (Å²) in [5.74, 6) is -2.10. The fourth-order valence-corrected chi connectivity index (χ4v) is 2.61. The van der Waals surface area contributed by atoms with E-state index in [1.54, 1.807) is 6.92 Å². The topological polar surface area (TPSA) is 108 Å². The maximum Gasteiger partial charge on any atom is 0.325 e. The van der Waals surface area contributed by atoms with Crippen LogP contribution in [0.25, 0.3) is 0 Å². The number of hydrogen-bond acceptors (Lipinski definition) is 4. The number of urea groups is 1. The normalized spacial score (nSPS) is 19.6. The number of hydrogen-bond donors (Lipinski definition) is 3. The van der Waals surface area contributed by atoms with Crippen molar-refractivity contribution < 1.29 is 23.6 Å². The Labute approximate surface area is 143 Å². The molecule has 134 valence electrons. The highest BCUT2D eigenvalue weighted by molar-refractivity contribution is 6.09. The van der Waals surface area contributed by atoms with Gasteiger partial charge in [0.1, 0.15) is 17.9 Å². The van der Waals surface area contributed by atoms with Crippen LogP contribution in [0.5, 0.6) is 0 Å². The molecule has 0 unspecified atom stereocenters. The maximum absolute atomic E-state index is 13.1. The molecule has 0 spiro atoms. The number of likely N-dealkylation sites (N-methyl/N-ethyl adjacent to an activating group) is 1. The number of benzene rings is 1. The van der Waals surface area contributed by atoms with Crippen LogP contribution in [-0.2, 0) is 19.9 Å². The van der Waals surface area contributed by atoms with Crippen molar-refractivity contribution in [3.63, 3.8) is 0 Å². The molecule has 0 radical (unpaired) electrons. The average Bonchev–Trinajstić information content (AvgIpc) is 2.85. The Morgan fingerprint density at radius 1 is 1.20 bits per heavy atom. The highest BCUT2D eigenvalue weighted by Gasteiger charge is 2.51. The highest BCUT2D eigenvalue weighted by Crippen LogP contribution is 2.32. The predicted octanol–water partition coefficient (Wildman–Crippen LogP) is -0.155. The van der Waals surface area contributed by atoms with Crippen LogP contribution in [0.4, 0.5) is 9.18 Å². The molecule has 1 saturated heterocycles. The first-order valence-electron chi connectivity index (χ1n) is 7.71. The molecule has 0 saturated carbocycles. The summed E-state index contributed by atoms with van der Waals surface area (Å²) in [5.41, 5.74) is -0.908. The van der Waals surface area contributed by atoms with Gasteiger partial charge in [0, 0.05) is 7.05 Å². The summed E-state index contributed by atoms with van der Waals surface area (Å²) < 4.78 is 13.1. The number of carbonyl (C=O) groups is 4. The van der Waals surface area contributed by atoms with E-state index in [-0.39, 0.29) is 13.0 Å². The third-order valence-electron chi connectivity index (χ3n) is 4.07. The van der Waals surface area contributed by atoms with E-state index in [1.165, 1.54) is 31.3 Å². The first-order chi connectivity index (χ1) is 11.8. The summed E-state index contributed by atoms with van der Waals surface area (Å²) in [4.78, 5) is 48.8. The molecule has 8 nitrogen and oxygen atoms in total.